The van der Waals surface area contributed by atoms with Crippen LogP contribution in [0, 0.1) is 30.6 Å². The van der Waals surface area contributed by atoms with Gasteiger partial charge in [0, 0.05) is 12.0 Å². The number of halogens is 1. The largest absolute Gasteiger partial charge is 0.507 e. The molecule has 1 saturated carbocycles. The lowest BCUT2D eigenvalue weighted by Crippen LogP contribution is -2.53. The summed E-state index contributed by atoms with van der Waals surface area (Å²) in [5.74, 6) is -8.34. The van der Waals surface area contributed by atoms with Crippen molar-refractivity contribution >= 4 is 56.9 Å². The minimum absolute atomic E-state index is 0.0298. The smallest absolute Gasteiger partial charge is 0.339 e. The fourth-order valence-corrected chi connectivity index (χ4v) is 9.59. The summed E-state index contributed by atoms with van der Waals surface area (Å²) in [5, 5.41) is 31.8. The lowest BCUT2D eigenvalue weighted by atomic mass is 9.49. The van der Waals surface area contributed by atoms with Crippen molar-refractivity contribution in [1.29, 1.82) is 0 Å². The van der Waals surface area contributed by atoms with Crippen LogP contribution in [0.25, 0.3) is 0 Å². The Morgan fingerprint density at radius 2 is 1.63 bits per heavy atom. The third-order valence-corrected chi connectivity index (χ3v) is 12.1. The highest BCUT2D eigenvalue weighted by atomic mass is 79.9. The summed E-state index contributed by atoms with van der Waals surface area (Å²) in [7, 11) is 1.41. The Labute approximate surface area is 317 Å². The summed E-state index contributed by atoms with van der Waals surface area (Å²) >= 11 is 3.46. The fraction of sp³-hybridized carbons (Fsp3) is 0.244. The summed E-state index contributed by atoms with van der Waals surface area (Å²) in [6, 6.07) is 23.2. The first-order valence-corrected chi connectivity index (χ1v) is 18.1. The van der Waals surface area contributed by atoms with E-state index in [9.17, 15) is 34.5 Å². The van der Waals surface area contributed by atoms with Gasteiger partial charge in [0.05, 0.1) is 46.1 Å². The Balaban J connectivity index is 1.32. The Morgan fingerprint density at radius 1 is 0.907 bits per heavy atom. The van der Waals surface area contributed by atoms with Crippen LogP contribution < -0.4 is 15.1 Å². The maximum absolute atomic E-state index is 15.3. The number of nitrogens with zero attached hydrogens (tertiary/aromatic N) is 2. The molecule has 0 radical (unpaired) electrons. The number of carbonyl (C=O) groups excluding carboxylic acids is 4. The van der Waals surface area contributed by atoms with Crippen molar-refractivity contribution in [1.82, 2.24) is 5.01 Å². The summed E-state index contributed by atoms with van der Waals surface area (Å²) < 4.78 is 5.85. The number of methoxy groups -OCH3 is 1. The van der Waals surface area contributed by atoms with Gasteiger partial charge in [-0.05, 0) is 89.1 Å². The molecule has 54 heavy (non-hydrogen) atoms. The average molecular weight is 793 g/mol. The molecule has 4 aliphatic rings. The number of aromatic hydroxyl groups is 2. The van der Waals surface area contributed by atoms with E-state index in [1.165, 1.54) is 13.2 Å². The van der Waals surface area contributed by atoms with E-state index in [1.807, 2.05) is 43.3 Å². The van der Waals surface area contributed by atoms with Crippen LogP contribution in [0.2, 0.25) is 0 Å². The van der Waals surface area contributed by atoms with E-state index in [4.69, 9.17) is 4.74 Å². The standard InChI is InChI=1S/C41H34BrN3O9/c1-20-8-10-23(11-9-20)43-45-37(49)29-19-28-25(14-15-27-33(28)38(50)44(36(27)48)24-12-13-26(39(51)52)31(46)18-24)34(21-16-30(42)35(47)32(17-21)54-2)41(29,40(45)53)22-6-4-3-5-7-22/h3-14,16-18,27-29,33-34,43,46-47H,15,19H2,1-2H3,(H,51,52). The molecule has 6 unspecified atom stereocenters. The first kappa shape index (κ1) is 35.1. The number of phenolic OH excluding ortho intramolecular Hbond substituents is 1. The van der Waals surface area contributed by atoms with Gasteiger partial charge in [0.2, 0.25) is 11.8 Å². The number of anilines is 2. The van der Waals surface area contributed by atoms with Gasteiger partial charge >= 0.3 is 5.97 Å². The van der Waals surface area contributed by atoms with Crippen molar-refractivity contribution in [3.63, 3.8) is 0 Å². The number of hydrazine groups is 1. The van der Waals surface area contributed by atoms with Crippen molar-refractivity contribution in [2.75, 3.05) is 17.4 Å². The predicted octanol–water partition coefficient (Wildman–Crippen LogP) is 6.07. The predicted molar refractivity (Wildman–Crippen MR) is 199 cm³/mol. The van der Waals surface area contributed by atoms with E-state index in [1.54, 1.807) is 36.4 Å². The van der Waals surface area contributed by atoms with Gasteiger partial charge in [-0.15, -0.1) is 0 Å². The lowest BCUT2D eigenvalue weighted by molar-refractivity contribution is -0.138. The van der Waals surface area contributed by atoms with E-state index in [2.05, 4.69) is 21.4 Å². The summed E-state index contributed by atoms with van der Waals surface area (Å²) in [4.78, 5) is 71.4. The quantitative estimate of drug-likeness (QED) is 0.127. The SMILES string of the molecule is COc1cc(C2C3=CCC4C(=O)N(c5ccc(C(=O)O)c(O)c5)C(=O)C4C3CC3C(=O)N(Nc4ccc(C)cc4)C(=O)C32c2ccccc2)cc(Br)c1O. The Bertz CT molecular complexity index is 2310. The lowest BCUT2D eigenvalue weighted by Gasteiger charge is -2.50. The molecule has 0 aromatic heterocycles. The van der Waals surface area contributed by atoms with Gasteiger partial charge in [0.1, 0.15) is 11.3 Å². The van der Waals surface area contributed by atoms with E-state index in [-0.39, 0.29) is 35.6 Å². The number of carbonyl (C=O) groups is 5. The molecule has 4 aromatic carbocycles. The number of hydrogen-bond donors (Lipinski definition) is 4. The number of phenols is 2. The molecule has 8 rings (SSSR count). The topological polar surface area (TPSA) is 174 Å². The van der Waals surface area contributed by atoms with Crippen molar-refractivity contribution in [2.45, 2.75) is 31.1 Å². The van der Waals surface area contributed by atoms with Gasteiger partial charge in [-0.25, -0.2) is 9.69 Å². The molecule has 274 valence electrons. The van der Waals surface area contributed by atoms with Crippen molar-refractivity contribution in [3.05, 3.63) is 123 Å². The minimum atomic E-state index is -1.53. The molecule has 3 fully saturated rings. The first-order chi connectivity index (χ1) is 25.9. The third kappa shape index (κ3) is 5.05. The third-order valence-electron chi connectivity index (χ3n) is 11.5. The zero-order valence-electron chi connectivity index (χ0n) is 29.0. The number of rotatable bonds is 7. The molecule has 13 heteroatoms. The molecule has 2 heterocycles. The number of fused-ring (bicyclic) bond motifs is 4. The number of benzene rings is 4. The average Bonchev–Trinajstić information content (AvgIpc) is 3.54. The van der Waals surface area contributed by atoms with Crippen LogP contribution in [0.1, 0.15) is 45.8 Å². The van der Waals surface area contributed by atoms with Crippen LogP contribution in [0.4, 0.5) is 11.4 Å². The van der Waals surface area contributed by atoms with Crippen LogP contribution in [0.15, 0.2) is 101 Å². The van der Waals surface area contributed by atoms with Crippen LogP contribution in [0.3, 0.4) is 0 Å². The first-order valence-electron chi connectivity index (χ1n) is 17.4. The van der Waals surface area contributed by atoms with E-state index in [0.29, 0.717) is 26.9 Å². The van der Waals surface area contributed by atoms with Gasteiger partial charge in [-0.1, -0.05) is 59.7 Å². The number of aromatic carboxylic acids is 1. The number of nitrogens with one attached hydrogen (secondary N) is 1. The highest BCUT2D eigenvalue weighted by Crippen LogP contribution is 2.64. The Kier molecular flexibility index (Phi) is 8.36. The Morgan fingerprint density at radius 3 is 2.30 bits per heavy atom. The molecule has 4 aromatic rings. The maximum Gasteiger partial charge on any atom is 0.339 e. The summed E-state index contributed by atoms with van der Waals surface area (Å²) in [6.07, 6.45) is 2.10. The number of allylic oxidation sites excluding steroid dienone is 2. The highest BCUT2D eigenvalue weighted by Gasteiger charge is 2.70. The molecule has 0 spiro atoms. The molecule has 4 amide bonds. The molecular weight excluding hydrogens is 758 g/mol. The van der Waals surface area contributed by atoms with Gasteiger partial charge in [-0.2, -0.15) is 5.01 Å². The van der Waals surface area contributed by atoms with Crippen LogP contribution in [-0.4, -0.2) is 57.0 Å². The molecule has 2 aliphatic carbocycles. The zero-order valence-corrected chi connectivity index (χ0v) is 30.6. The van der Waals surface area contributed by atoms with Gasteiger partial charge in [-0.3, -0.25) is 24.6 Å². The minimum Gasteiger partial charge on any atom is -0.507 e. The van der Waals surface area contributed by atoms with Crippen LogP contribution >= 0.6 is 15.9 Å². The van der Waals surface area contributed by atoms with Gasteiger partial charge in [0.25, 0.3) is 11.8 Å². The molecule has 2 saturated heterocycles. The summed E-state index contributed by atoms with van der Waals surface area (Å²) in [6.45, 7) is 1.93. The molecule has 2 aliphatic heterocycles. The van der Waals surface area contributed by atoms with Crippen molar-refractivity contribution < 1.29 is 44.0 Å². The van der Waals surface area contributed by atoms with Crippen LogP contribution in [0.5, 0.6) is 17.2 Å². The van der Waals surface area contributed by atoms with Gasteiger partial charge in [0.15, 0.2) is 11.5 Å². The summed E-state index contributed by atoms with van der Waals surface area (Å²) in [5.41, 5.74) is 4.52. The number of aryl methyl sites for hydroxylation is 1. The molecular formula is C41H34BrN3O9. The van der Waals surface area contributed by atoms with E-state index in [0.717, 1.165) is 27.6 Å². The molecule has 4 N–H and O–H groups in total. The van der Waals surface area contributed by atoms with E-state index < -0.39 is 70.4 Å². The second kappa shape index (κ2) is 12.9. The number of hydrogen-bond acceptors (Lipinski definition) is 9. The molecule has 12 nitrogen and oxygen atoms in total. The van der Waals surface area contributed by atoms with Gasteiger partial charge < -0.3 is 20.1 Å². The monoisotopic (exact) mass is 791 g/mol. The number of carboxylic acids is 1. The van der Waals surface area contributed by atoms with E-state index >= 15 is 4.79 Å². The molecule has 6 atom stereocenters. The number of carboxylic acid groups (broad SMARTS) is 1. The number of ether oxygens (including phenoxy) is 1. The van der Waals surface area contributed by atoms with Crippen molar-refractivity contribution in [3.8, 4) is 17.2 Å². The Hall–Kier alpha value is -5.95. The second-order valence-electron chi connectivity index (χ2n) is 14.2. The second-order valence-corrected chi connectivity index (χ2v) is 15.0. The molecule has 0 bridgehead atoms. The van der Waals surface area contributed by atoms with Crippen LogP contribution in [-0.2, 0) is 24.6 Å². The normalized spacial score (nSPS) is 25.9. The number of imide groups is 2. The highest BCUT2D eigenvalue weighted by molar-refractivity contribution is 9.10. The zero-order chi connectivity index (χ0) is 38.2. The number of amides is 4. The fourth-order valence-electron chi connectivity index (χ4n) is 9.13. The van der Waals surface area contributed by atoms with Crippen molar-refractivity contribution in [2.24, 2.45) is 23.7 Å². The maximum atomic E-state index is 15.3.